The molecule has 1 aromatic rings. The number of benzene rings is 1. The standard InChI is InChI=1S/C25H30N2O7/c1-6-25-13-26(23(30)33-5)21-16(12-34-22(29)24(2,3)4)19(25)18(28)11-15(20(21)25)14-9-7-8-10-17(14)27(31)32/h6-11,16,18-21,28H,1,12-13H2,2-5H3/t16-,18+,19-,20-,21+,25-/m0/s1. The molecule has 1 aromatic carbocycles. The van der Waals surface area contributed by atoms with Crippen LogP contribution in [0.4, 0.5) is 10.5 Å². The van der Waals surface area contributed by atoms with Crippen LogP contribution in [0.1, 0.15) is 26.3 Å². The van der Waals surface area contributed by atoms with Gasteiger partial charge in [-0.1, -0.05) is 24.3 Å². The lowest BCUT2D eigenvalue weighted by atomic mass is 9.63. The SMILES string of the molecule is C=C[C@]12CN(C(=O)OC)[C@@H]3[C@@H](COC(=O)C(C)(C)C)[C@H]1[C@H](O)C=C(c1ccccc1[N+](=O)[O-])[C@@H]32. The Morgan fingerprint density at radius 3 is 2.62 bits per heavy atom. The molecule has 1 aliphatic heterocycles. The molecule has 34 heavy (non-hydrogen) atoms. The summed E-state index contributed by atoms with van der Waals surface area (Å²) < 4.78 is 10.7. The van der Waals surface area contributed by atoms with Crippen molar-refractivity contribution in [2.75, 3.05) is 20.3 Å². The lowest BCUT2D eigenvalue weighted by Crippen LogP contribution is -2.53. The molecule has 9 nitrogen and oxygen atoms in total. The van der Waals surface area contributed by atoms with Crippen LogP contribution in [0.3, 0.4) is 0 Å². The summed E-state index contributed by atoms with van der Waals surface area (Å²) >= 11 is 0. The first-order valence-electron chi connectivity index (χ1n) is 11.3. The second kappa shape index (κ2) is 8.23. The molecule has 6 atom stereocenters. The Morgan fingerprint density at radius 1 is 1.35 bits per heavy atom. The third-order valence-electron chi connectivity index (χ3n) is 7.52. The number of carbonyl (C=O) groups is 2. The van der Waals surface area contributed by atoms with Crippen LogP contribution in [-0.4, -0.2) is 59.4 Å². The molecule has 1 heterocycles. The van der Waals surface area contributed by atoms with E-state index in [0.29, 0.717) is 11.1 Å². The predicted octanol–water partition coefficient (Wildman–Crippen LogP) is 3.43. The Morgan fingerprint density at radius 2 is 2.03 bits per heavy atom. The number of para-hydroxylation sites is 1. The average Bonchev–Trinajstić information content (AvgIpc) is 3.24. The first kappa shape index (κ1) is 23.9. The molecular formula is C25H30N2O7. The molecule has 1 saturated carbocycles. The van der Waals surface area contributed by atoms with Crippen LogP contribution in [0.5, 0.6) is 0 Å². The van der Waals surface area contributed by atoms with Crippen molar-refractivity contribution >= 4 is 23.3 Å². The number of likely N-dealkylation sites (tertiary alicyclic amines) is 1. The van der Waals surface area contributed by atoms with Gasteiger partial charge in [-0.3, -0.25) is 14.9 Å². The van der Waals surface area contributed by atoms with Gasteiger partial charge in [0.15, 0.2) is 0 Å². The number of piperidine rings is 1. The lowest BCUT2D eigenvalue weighted by molar-refractivity contribution is -0.385. The molecule has 182 valence electrons. The summed E-state index contributed by atoms with van der Waals surface area (Å²) in [5.41, 5.74) is -0.560. The Balaban J connectivity index is 1.83. The summed E-state index contributed by atoms with van der Waals surface area (Å²) in [5, 5.41) is 23.1. The molecule has 0 spiro atoms. The van der Waals surface area contributed by atoms with Crippen LogP contribution >= 0.6 is 0 Å². The van der Waals surface area contributed by atoms with Gasteiger partial charge in [0.05, 0.1) is 35.7 Å². The number of hydrogen-bond acceptors (Lipinski definition) is 7. The van der Waals surface area contributed by atoms with Crippen molar-refractivity contribution in [3.63, 3.8) is 0 Å². The van der Waals surface area contributed by atoms with Gasteiger partial charge in [0, 0.05) is 41.8 Å². The molecule has 4 bridgehead atoms. The molecule has 0 unspecified atom stereocenters. The van der Waals surface area contributed by atoms with Crippen LogP contribution < -0.4 is 0 Å². The van der Waals surface area contributed by atoms with E-state index in [-0.39, 0.29) is 36.6 Å². The van der Waals surface area contributed by atoms with Gasteiger partial charge in [-0.25, -0.2) is 4.79 Å². The van der Waals surface area contributed by atoms with Gasteiger partial charge >= 0.3 is 12.1 Å². The number of ether oxygens (including phenoxy) is 2. The quantitative estimate of drug-likeness (QED) is 0.303. The lowest BCUT2D eigenvalue weighted by Gasteiger charge is -2.45. The molecule has 0 aromatic heterocycles. The number of nitro groups is 1. The third-order valence-corrected chi connectivity index (χ3v) is 7.52. The first-order chi connectivity index (χ1) is 16.0. The molecule has 4 rings (SSSR count). The maximum absolute atomic E-state index is 12.8. The van der Waals surface area contributed by atoms with Crippen LogP contribution in [0, 0.1) is 38.7 Å². The van der Waals surface area contributed by atoms with E-state index in [1.165, 1.54) is 13.2 Å². The monoisotopic (exact) mass is 470 g/mol. The van der Waals surface area contributed by atoms with Crippen molar-refractivity contribution in [1.29, 1.82) is 0 Å². The highest BCUT2D eigenvalue weighted by molar-refractivity contribution is 5.80. The van der Waals surface area contributed by atoms with Crippen LogP contribution in [0.2, 0.25) is 0 Å². The zero-order valence-electron chi connectivity index (χ0n) is 19.8. The zero-order chi connectivity index (χ0) is 25.0. The Bertz CT molecular complexity index is 1080. The number of amides is 1. The number of aliphatic hydroxyl groups is 1. The summed E-state index contributed by atoms with van der Waals surface area (Å²) in [6, 6.07) is 5.88. The second-order valence-electron chi connectivity index (χ2n) is 10.3. The van der Waals surface area contributed by atoms with E-state index in [4.69, 9.17) is 9.47 Å². The minimum Gasteiger partial charge on any atom is -0.465 e. The minimum absolute atomic E-state index is 0.0000832. The van der Waals surface area contributed by atoms with Crippen molar-refractivity contribution < 1.29 is 29.1 Å². The van der Waals surface area contributed by atoms with E-state index in [2.05, 4.69) is 6.58 Å². The number of esters is 1. The van der Waals surface area contributed by atoms with Gasteiger partial charge < -0.3 is 19.5 Å². The highest BCUT2D eigenvalue weighted by Crippen LogP contribution is 2.67. The van der Waals surface area contributed by atoms with Crippen LogP contribution in [0.15, 0.2) is 43.0 Å². The second-order valence-corrected chi connectivity index (χ2v) is 10.3. The van der Waals surface area contributed by atoms with Crippen molar-refractivity contribution in [3.05, 3.63) is 58.7 Å². The van der Waals surface area contributed by atoms with E-state index >= 15 is 0 Å². The Labute approximate surface area is 198 Å². The van der Waals surface area contributed by atoms with Gasteiger partial charge in [0.1, 0.15) is 0 Å². The molecule has 1 saturated heterocycles. The summed E-state index contributed by atoms with van der Waals surface area (Å²) in [5.74, 6) is -1.55. The highest BCUT2D eigenvalue weighted by atomic mass is 16.6. The Hall–Kier alpha value is -3.20. The van der Waals surface area contributed by atoms with Crippen molar-refractivity contribution in [2.24, 2.45) is 28.6 Å². The normalized spacial score (nSPS) is 31.6. The Kier molecular flexibility index (Phi) is 5.80. The summed E-state index contributed by atoms with van der Waals surface area (Å²) in [6.07, 6.45) is 1.89. The van der Waals surface area contributed by atoms with E-state index in [9.17, 15) is 24.8 Å². The van der Waals surface area contributed by atoms with E-state index in [0.717, 1.165) is 0 Å². The van der Waals surface area contributed by atoms with Crippen LogP contribution in [0.25, 0.3) is 5.57 Å². The van der Waals surface area contributed by atoms with E-state index < -0.39 is 39.9 Å². The number of hydrogen-bond donors (Lipinski definition) is 1. The summed E-state index contributed by atoms with van der Waals surface area (Å²) in [4.78, 5) is 38.2. The van der Waals surface area contributed by atoms with Gasteiger partial charge in [-0.15, -0.1) is 6.58 Å². The maximum Gasteiger partial charge on any atom is 0.409 e. The molecule has 1 N–H and O–H groups in total. The topological polar surface area (TPSA) is 119 Å². The fraction of sp³-hybridized carbons (Fsp3) is 0.520. The van der Waals surface area contributed by atoms with Crippen molar-refractivity contribution in [1.82, 2.24) is 4.90 Å². The number of carbonyl (C=O) groups excluding carboxylic acids is 2. The summed E-state index contributed by atoms with van der Waals surface area (Å²) in [6.45, 7) is 9.56. The predicted molar refractivity (Wildman–Crippen MR) is 123 cm³/mol. The smallest absolute Gasteiger partial charge is 0.409 e. The molecule has 2 fully saturated rings. The number of methoxy groups -OCH3 is 1. The van der Waals surface area contributed by atoms with Crippen molar-refractivity contribution in [2.45, 2.75) is 32.9 Å². The minimum atomic E-state index is -0.966. The molecule has 0 radical (unpaired) electrons. The van der Waals surface area contributed by atoms with Gasteiger partial charge in [0.2, 0.25) is 0 Å². The molecular weight excluding hydrogens is 440 g/mol. The number of rotatable bonds is 5. The molecule has 1 amide bonds. The fourth-order valence-corrected chi connectivity index (χ4v) is 6.19. The maximum atomic E-state index is 12.8. The van der Waals surface area contributed by atoms with E-state index in [1.807, 2.05) is 0 Å². The average molecular weight is 471 g/mol. The first-order valence-corrected chi connectivity index (χ1v) is 11.3. The fourth-order valence-electron chi connectivity index (χ4n) is 6.19. The number of nitrogens with zero attached hydrogens (tertiary/aromatic N) is 2. The third kappa shape index (κ3) is 3.41. The van der Waals surface area contributed by atoms with Gasteiger partial charge in [-0.2, -0.15) is 0 Å². The highest BCUT2D eigenvalue weighted by Gasteiger charge is 2.71. The van der Waals surface area contributed by atoms with E-state index in [1.54, 1.807) is 56.0 Å². The number of nitro benzene ring substituents is 1. The van der Waals surface area contributed by atoms with Gasteiger partial charge in [0.25, 0.3) is 5.69 Å². The largest absolute Gasteiger partial charge is 0.465 e. The summed E-state index contributed by atoms with van der Waals surface area (Å²) in [7, 11) is 1.29. The number of aliphatic hydroxyl groups excluding tert-OH is 1. The molecule has 2 aliphatic carbocycles. The molecule has 9 heteroatoms. The van der Waals surface area contributed by atoms with Gasteiger partial charge in [-0.05, 0) is 32.4 Å². The van der Waals surface area contributed by atoms with Crippen LogP contribution in [-0.2, 0) is 14.3 Å². The van der Waals surface area contributed by atoms with Crippen molar-refractivity contribution in [3.8, 4) is 0 Å². The molecule has 3 aliphatic rings. The zero-order valence-corrected chi connectivity index (χ0v) is 19.8.